The molecule has 0 radical (unpaired) electrons. The zero-order valence-electron chi connectivity index (χ0n) is 10.9. The number of carbonyl (C=O) groups excluding carboxylic acids is 1. The molecule has 0 saturated heterocycles. The van der Waals surface area contributed by atoms with E-state index in [-0.39, 0.29) is 12.3 Å². The van der Waals surface area contributed by atoms with Gasteiger partial charge in [-0.3, -0.25) is 4.79 Å². The summed E-state index contributed by atoms with van der Waals surface area (Å²) in [5.74, 6) is -0.349. The van der Waals surface area contributed by atoms with Gasteiger partial charge in [-0.1, -0.05) is 24.4 Å². The van der Waals surface area contributed by atoms with E-state index in [0.29, 0.717) is 4.99 Å². The first-order chi connectivity index (χ1) is 8.23. The summed E-state index contributed by atoms with van der Waals surface area (Å²) in [6, 6.07) is 5.72. The van der Waals surface area contributed by atoms with Crippen molar-refractivity contribution in [3.63, 3.8) is 0 Å². The molecule has 0 aliphatic carbocycles. The van der Waals surface area contributed by atoms with E-state index in [1.165, 1.54) is 0 Å². The third kappa shape index (κ3) is 3.70. The van der Waals surface area contributed by atoms with Gasteiger partial charge in [-0.25, -0.2) is 0 Å². The molecule has 0 aromatic heterocycles. The highest BCUT2D eigenvalue weighted by molar-refractivity contribution is 7.80. The molecule has 4 nitrogen and oxygen atoms in total. The second kappa shape index (κ2) is 5.35. The predicted octanol–water partition coefficient (Wildman–Crippen LogP) is 1.70. The molecule has 5 heteroatoms. The summed E-state index contributed by atoms with van der Waals surface area (Å²) in [5.41, 5.74) is 13.2. The molecule has 1 amide bonds. The minimum atomic E-state index is -0.447. The Morgan fingerprint density at radius 3 is 2.50 bits per heavy atom. The average Bonchev–Trinajstić information content (AvgIpc) is 2.18. The number of amides is 1. The Balaban J connectivity index is 3.10. The quantitative estimate of drug-likeness (QED) is 0.708. The third-order valence-electron chi connectivity index (χ3n) is 2.62. The van der Waals surface area contributed by atoms with Crippen molar-refractivity contribution in [1.29, 1.82) is 0 Å². The summed E-state index contributed by atoms with van der Waals surface area (Å²) < 4.78 is 0. The van der Waals surface area contributed by atoms with Crippen LogP contribution in [0, 0.1) is 6.92 Å². The number of hydrogen-bond donors (Lipinski definition) is 3. The topological polar surface area (TPSA) is 81.1 Å². The molecule has 0 aliphatic heterocycles. The first-order valence-electron chi connectivity index (χ1n) is 5.69. The van der Waals surface area contributed by atoms with Crippen LogP contribution in [0.1, 0.15) is 31.4 Å². The highest BCUT2D eigenvalue weighted by Gasteiger charge is 2.22. The number of carbonyl (C=O) groups is 1. The lowest BCUT2D eigenvalue weighted by molar-refractivity contribution is -0.118. The minimum absolute atomic E-state index is 0.234. The lowest BCUT2D eigenvalue weighted by Crippen LogP contribution is -2.37. The molecule has 0 unspecified atom stereocenters. The maximum Gasteiger partial charge on any atom is 0.219 e. The Labute approximate surface area is 113 Å². The monoisotopic (exact) mass is 265 g/mol. The fourth-order valence-electron chi connectivity index (χ4n) is 1.86. The van der Waals surface area contributed by atoms with Crippen molar-refractivity contribution in [2.75, 3.05) is 5.32 Å². The van der Waals surface area contributed by atoms with Crippen LogP contribution in [0.5, 0.6) is 0 Å². The molecule has 1 aromatic carbocycles. The van der Waals surface area contributed by atoms with Crippen LogP contribution in [-0.2, 0) is 4.79 Å². The summed E-state index contributed by atoms with van der Waals surface area (Å²) in [6.45, 7) is 5.78. The Bertz CT molecular complexity index is 483. The number of hydrogen-bond acceptors (Lipinski definition) is 3. The minimum Gasteiger partial charge on any atom is -0.389 e. The zero-order chi connectivity index (χ0) is 13.9. The third-order valence-corrected chi connectivity index (χ3v) is 2.84. The number of thiocarbonyl (C=S) groups is 1. The Kier molecular flexibility index (Phi) is 4.29. The van der Waals surface area contributed by atoms with Crippen LogP contribution < -0.4 is 16.8 Å². The molecule has 0 aliphatic rings. The van der Waals surface area contributed by atoms with E-state index in [4.69, 9.17) is 23.7 Å². The predicted molar refractivity (Wildman–Crippen MR) is 78.6 cm³/mol. The van der Waals surface area contributed by atoms with Crippen LogP contribution in [0.3, 0.4) is 0 Å². The molecular formula is C13H19N3OS. The number of nitrogens with two attached hydrogens (primary N) is 2. The van der Waals surface area contributed by atoms with E-state index >= 15 is 0 Å². The molecule has 0 atom stereocenters. The number of rotatable bonds is 5. The second-order valence-electron chi connectivity index (χ2n) is 5.01. The molecule has 0 fully saturated rings. The fraction of sp³-hybridized carbons (Fsp3) is 0.385. The molecule has 0 spiro atoms. The number of anilines is 1. The van der Waals surface area contributed by atoms with Crippen molar-refractivity contribution in [3.8, 4) is 0 Å². The first kappa shape index (κ1) is 14.4. The molecule has 5 N–H and O–H groups in total. The zero-order valence-corrected chi connectivity index (χ0v) is 11.7. The van der Waals surface area contributed by atoms with Crippen LogP contribution in [0.2, 0.25) is 0 Å². The smallest absolute Gasteiger partial charge is 0.219 e. The molecule has 18 heavy (non-hydrogen) atoms. The number of nitrogens with one attached hydrogen (secondary N) is 1. The normalized spacial score (nSPS) is 11.1. The average molecular weight is 265 g/mol. The lowest BCUT2D eigenvalue weighted by atomic mass is 9.97. The number of aryl methyl sites for hydroxylation is 1. The SMILES string of the molecule is Cc1cccc(C(N)=S)c1NC(C)(C)CC(N)=O. The summed E-state index contributed by atoms with van der Waals surface area (Å²) in [6.07, 6.45) is 0.234. The summed E-state index contributed by atoms with van der Waals surface area (Å²) in [5, 5.41) is 3.30. The van der Waals surface area contributed by atoms with Gasteiger partial charge in [-0.15, -0.1) is 0 Å². The fourth-order valence-corrected chi connectivity index (χ4v) is 2.03. The van der Waals surface area contributed by atoms with Gasteiger partial charge in [0.15, 0.2) is 0 Å². The number of primary amides is 1. The van der Waals surface area contributed by atoms with Gasteiger partial charge in [0.2, 0.25) is 5.91 Å². The summed E-state index contributed by atoms with van der Waals surface area (Å²) in [7, 11) is 0. The van der Waals surface area contributed by atoms with Gasteiger partial charge >= 0.3 is 0 Å². The lowest BCUT2D eigenvalue weighted by Gasteiger charge is -2.28. The van der Waals surface area contributed by atoms with Crippen molar-refractivity contribution in [2.24, 2.45) is 11.5 Å². The van der Waals surface area contributed by atoms with Gasteiger partial charge in [0.25, 0.3) is 0 Å². The maximum absolute atomic E-state index is 11.0. The van der Waals surface area contributed by atoms with E-state index in [9.17, 15) is 4.79 Å². The molecule has 98 valence electrons. The Morgan fingerprint density at radius 2 is 2.00 bits per heavy atom. The number of benzene rings is 1. The standard InChI is InChI=1S/C13H19N3OS/c1-8-5-4-6-9(12(15)18)11(8)16-13(2,3)7-10(14)17/h4-6,16H,7H2,1-3H3,(H2,14,17)(H2,15,18). The van der Waals surface area contributed by atoms with Gasteiger partial charge in [-0.05, 0) is 32.4 Å². The summed E-state index contributed by atoms with van der Waals surface area (Å²) >= 11 is 5.03. The van der Waals surface area contributed by atoms with Gasteiger partial charge in [0, 0.05) is 23.2 Å². The second-order valence-corrected chi connectivity index (χ2v) is 5.45. The van der Waals surface area contributed by atoms with Crippen molar-refractivity contribution >= 4 is 28.8 Å². The van der Waals surface area contributed by atoms with Crippen LogP contribution in [-0.4, -0.2) is 16.4 Å². The van der Waals surface area contributed by atoms with E-state index in [2.05, 4.69) is 5.32 Å². The van der Waals surface area contributed by atoms with Crippen LogP contribution in [0.4, 0.5) is 5.69 Å². The van der Waals surface area contributed by atoms with E-state index < -0.39 is 5.54 Å². The van der Waals surface area contributed by atoms with Gasteiger partial charge in [0.1, 0.15) is 4.99 Å². The van der Waals surface area contributed by atoms with Crippen LogP contribution in [0.25, 0.3) is 0 Å². The summed E-state index contributed by atoms with van der Waals surface area (Å²) in [4.78, 5) is 11.4. The molecule has 0 saturated carbocycles. The van der Waals surface area contributed by atoms with Crippen LogP contribution in [0.15, 0.2) is 18.2 Å². The van der Waals surface area contributed by atoms with Gasteiger partial charge < -0.3 is 16.8 Å². The van der Waals surface area contributed by atoms with Gasteiger partial charge in [-0.2, -0.15) is 0 Å². The molecule has 1 rings (SSSR count). The molecular weight excluding hydrogens is 246 g/mol. The Hall–Kier alpha value is -1.62. The van der Waals surface area contributed by atoms with Crippen LogP contribution >= 0.6 is 12.2 Å². The van der Waals surface area contributed by atoms with Crippen molar-refractivity contribution in [2.45, 2.75) is 32.7 Å². The maximum atomic E-state index is 11.0. The first-order valence-corrected chi connectivity index (χ1v) is 6.09. The van der Waals surface area contributed by atoms with Crippen molar-refractivity contribution in [1.82, 2.24) is 0 Å². The molecule has 0 heterocycles. The van der Waals surface area contributed by atoms with E-state index in [0.717, 1.165) is 16.8 Å². The molecule has 1 aromatic rings. The van der Waals surface area contributed by atoms with Crippen molar-refractivity contribution < 1.29 is 4.79 Å². The van der Waals surface area contributed by atoms with Gasteiger partial charge in [0.05, 0.1) is 0 Å². The number of para-hydroxylation sites is 1. The van der Waals surface area contributed by atoms with Crippen molar-refractivity contribution in [3.05, 3.63) is 29.3 Å². The highest BCUT2D eigenvalue weighted by Crippen LogP contribution is 2.25. The Morgan fingerprint density at radius 1 is 1.39 bits per heavy atom. The molecule has 0 bridgehead atoms. The van der Waals surface area contributed by atoms with E-state index in [1.807, 2.05) is 39.0 Å². The van der Waals surface area contributed by atoms with E-state index in [1.54, 1.807) is 0 Å². The highest BCUT2D eigenvalue weighted by atomic mass is 32.1. The largest absolute Gasteiger partial charge is 0.389 e.